The van der Waals surface area contributed by atoms with Gasteiger partial charge in [-0.2, -0.15) is 0 Å². The maximum absolute atomic E-state index is 10.2. The van der Waals surface area contributed by atoms with Crippen LogP contribution >= 0.6 is 27.5 Å². The molecule has 0 aliphatic carbocycles. The zero-order chi connectivity index (χ0) is 9.84. The lowest BCUT2D eigenvalue weighted by atomic mass is 10.2. The molecule has 0 saturated carbocycles. The normalized spacial score (nSPS) is 9.69. The maximum Gasteiger partial charge on any atom is 0.138 e. The van der Waals surface area contributed by atoms with E-state index >= 15 is 0 Å². The minimum absolute atomic E-state index is 0.412. The molecule has 1 amide bonds. The van der Waals surface area contributed by atoms with Gasteiger partial charge in [-0.3, -0.25) is 0 Å². The molecule has 0 heterocycles. The highest BCUT2D eigenvalue weighted by Gasteiger charge is 1.99. The van der Waals surface area contributed by atoms with Gasteiger partial charge in [-0.25, -0.2) is 0 Å². The summed E-state index contributed by atoms with van der Waals surface area (Å²) in [6, 6.07) is 4.90. The summed E-state index contributed by atoms with van der Waals surface area (Å²) in [5.41, 5.74) is 1.32. The van der Waals surface area contributed by atoms with Crippen molar-refractivity contribution in [1.82, 2.24) is 0 Å². The van der Waals surface area contributed by atoms with E-state index in [1.807, 2.05) is 0 Å². The lowest BCUT2D eigenvalue weighted by molar-refractivity contribution is -0.242. The Morgan fingerprint density at radius 1 is 1.62 bits per heavy atom. The zero-order valence-corrected chi connectivity index (χ0v) is 8.85. The van der Waals surface area contributed by atoms with Crippen LogP contribution in [0.5, 0.6) is 0 Å². The molecule has 0 bridgehead atoms. The molecule has 1 N–H and O–H groups in total. The van der Waals surface area contributed by atoms with Gasteiger partial charge in [-0.05, 0) is 17.7 Å². The summed E-state index contributed by atoms with van der Waals surface area (Å²) in [5.74, 6) is 0. The van der Waals surface area contributed by atoms with Gasteiger partial charge in [0.1, 0.15) is 6.09 Å². The number of alkyl halides is 1. The molecular formula is C8H6BrClNO2-. The highest BCUT2D eigenvalue weighted by molar-refractivity contribution is 9.08. The van der Waals surface area contributed by atoms with Crippen molar-refractivity contribution in [3.8, 4) is 0 Å². The molecular weight excluding hydrogens is 257 g/mol. The Morgan fingerprint density at radius 2 is 2.31 bits per heavy atom. The third kappa shape index (κ3) is 2.90. The number of carbonyl (C=O) groups is 1. The third-order valence-electron chi connectivity index (χ3n) is 1.44. The van der Waals surface area contributed by atoms with Crippen LogP contribution in [0.3, 0.4) is 0 Å². The molecule has 13 heavy (non-hydrogen) atoms. The molecule has 3 nitrogen and oxygen atoms in total. The number of carboxylic acid groups (broad SMARTS) is 1. The Hall–Kier alpha value is -0.740. The van der Waals surface area contributed by atoms with Crippen LogP contribution in [0, 0.1) is 0 Å². The van der Waals surface area contributed by atoms with Crippen molar-refractivity contribution in [3.63, 3.8) is 0 Å². The highest BCUT2D eigenvalue weighted by Crippen LogP contribution is 2.22. The summed E-state index contributed by atoms with van der Waals surface area (Å²) < 4.78 is 0. The SMILES string of the molecule is O=C([O-])Nc1ccc(CBr)c(Cl)c1. The predicted octanol–water partition coefficient (Wildman–Crippen LogP) is 1.99. The molecule has 0 unspecified atom stereocenters. The Labute approximate surface area is 88.8 Å². The summed E-state index contributed by atoms with van der Waals surface area (Å²) in [5, 5.41) is 13.4. The smallest absolute Gasteiger partial charge is 0.138 e. The van der Waals surface area contributed by atoms with Crippen molar-refractivity contribution in [2.75, 3.05) is 5.32 Å². The molecule has 70 valence electrons. The Balaban J connectivity index is 2.89. The molecule has 1 rings (SSSR count). The molecule has 1 aromatic rings. The van der Waals surface area contributed by atoms with Crippen molar-refractivity contribution >= 4 is 39.3 Å². The average molecular weight is 263 g/mol. The van der Waals surface area contributed by atoms with E-state index in [-0.39, 0.29) is 0 Å². The predicted molar refractivity (Wildman–Crippen MR) is 53.1 cm³/mol. The number of rotatable bonds is 2. The van der Waals surface area contributed by atoms with Gasteiger partial charge in [0, 0.05) is 16.0 Å². The van der Waals surface area contributed by atoms with Crippen LogP contribution in [0.25, 0.3) is 0 Å². The molecule has 0 atom stereocenters. The minimum Gasteiger partial charge on any atom is -0.530 e. The monoisotopic (exact) mass is 262 g/mol. The molecule has 1 aromatic carbocycles. The number of anilines is 1. The van der Waals surface area contributed by atoms with E-state index in [1.54, 1.807) is 12.1 Å². The average Bonchev–Trinajstić information content (AvgIpc) is 2.03. The fourth-order valence-electron chi connectivity index (χ4n) is 0.851. The number of carbonyl (C=O) groups excluding carboxylic acids is 1. The first-order valence-electron chi connectivity index (χ1n) is 3.46. The van der Waals surface area contributed by atoms with E-state index in [0.29, 0.717) is 16.0 Å². The summed E-state index contributed by atoms with van der Waals surface area (Å²) in [6.45, 7) is 0. The van der Waals surface area contributed by atoms with Crippen LogP contribution in [0.4, 0.5) is 10.5 Å². The summed E-state index contributed by atoms with van der Waals surface area (Å²) in [4.78, 5) is 10.2. The van der Waals surface area contributed by atoms with Crippen LogP contribution < -0.4 is 10.4 Å². The molecule has 0 aliphatic heterocycles. The second-order valence-corrected chi connectivity index (χ2v) is 3.32. The largest absolute Gasteiger partial charge is 0.530 e. The number of benzene rings is 1. The molecule has 0 spiro atoms. The molecule has 0 saturated heterocycles. The quantitative estimate of drug-likeness (QED) is 0.830. The molecule has 0 radical (unpaired) electrons. The number of nitrogens with one attached hydrogen (secondary N) is 1. The minimum atomic E-state index is -1.34. The van der Waals surface area contributed by atoms with E-state index in [2.05, 4.69) is 21.2 Å². The molecule has 0 aromatic heterocycles. The number of hydrogen-bond acceptors (Lipinski definition) is 2. The van der Waals surface area contributed by atoms with Crippen LogP contribution in [0.1, 0.15) is 5.56 Å². The van der Waals surface area contributed by atoms with Crippen molar-refractivity contribution in [2.45, 2.75) is 5.33 Å². The Bertz CT molecular complexity index is 330. The van der Waals surface area contributed by atoms with Gasteiger partial charge in [0.05, 0.1) is 0 Å². The first kappa shape index (κ1) is 10.3. The number of halogens is 2. The fourth-order valence-corrected chi connectivity index (χ4v) is 1.75. The maximum atomic E-state index is 10.2. The van der Waals surface area contributed by atoms with Crippen LogP contribution in [-0.2, 0) is 5.33 Å². The van der Waals surface area contributed by atoms with Crippen molar-refractivity contribution < 1.29 is 9.90 Å². The zero-order valence-electron chi connectivity index (χ0n) is 6.51. The first-order valence-corrected chi connectivity index (χ1v) is 4.96. The first-order chi connectivity index (χ1) is 6.13. The number of hydrogen-bond donors (Lipinski definition) is 1. The Morgan fingerprint density at radius 3 is 2.77 bits per heavy atom. The van der Waals surface area contributed by atoms with Gasteiger partial charge in [0.25, 0.3) is 0 Å². The summed E-state index contributed by atoms with van der Waals surface area (Å²) >= 11 is 9.08. The van der Waals surface area contributed by atoms with E-state index in [9.17, 15) is 9.90 Å². The van der Waals surface area contributed by atoms with Gasteiger partial charge in [-0.15, -0.1) is 0 Å². The molecule has 0 fully saturated rings. The van der Waals surface area contributed by atoms with Crippen LogP contribution in [0.2, 0.25) is 5.02 Å². The van der Waals surface area contributed by atoms with Crippen LogP contribution in [-0.4, -0.2) is 6.09 Å². The van der Waals surface area contributed by atoms with E-state index in [1.165, 1.54) is 6.07 Å². The lowest BCUT2D eigenvalue weighted by Crippen LogP contribution is -2.28. The molecule has 5 heteroatoms. The van der Waals surface area contributed by atoms with Gasteiger partial charge < -0.3 is 15.2 Å². The topological polar surface area (TPSA) is 52.2 Å². The second-order valence-electron chi connectivity index (χ2n) is 2.35. The highest BCUT2D eigenvalue weighted by atomic mass is 79.9. The molecule has 0 aliphatic rings. The standard InChI is InChI=1S/C8H7BrClNO2/c9-4-5-1-2-6(3-7(5)10)11-8(12)13/h1-3,11H,4H2,(H,12,13)/p-1. The summed E-state index contributed by atoms with van der Waals surface area (Å²) in [6.07, 6.45) is -1.34. The summed E-state index contributed by atoms with van der Waals surface area (Å²) in [7, 11) is 0. The van der Waals surface area contributed by atoms with E-state index < -0.39 is 6.09 Å². The third-order valence-corrected chi connectivity index (χ3v) is 2.40. The number of amides is 1. The fraction of sp³-hybridized carbons (Fsp3) is 0.125. The lowest BCUT2D eigenvalue weighted by Gasteiger charge is -2.08. The van der Waals surface area contributed by atoms with Gasteiger partial charge in [0.15, 0.2) is 0 Å². The van der Waals surface area contributed by atoms with Gasteiger partial charge in [0.2, 0.25) is 0 Å². The van der Waals surface area contributed by atoms with Crippen molar-refractivity contribution in [2.24, 2.45) is 0 Å². The van der Waals surface area contributed by atoms with E-state index in [4.69, 9.17) is 11.6 Å². The van der Waals surface area contributed by atoms with Crippen molar-refractivity contribution in [1.29, 1.82) is 0 Å². The van der Waals surface area contributed by atoms with Gasteiger partial charge >= 0.3 is 0 Å². The van der Waals surface area contributed by atoms with Gasteiger partial charge in [-0.1, -0.05) is 33.6 Å². The van der Waals surface area contributed by atoms with E-state index in [0.717, 1.165) is 5.56 Å². The Kier molecular flexibility index (Phi) is 3.57. The second kappa shape index (κ2) is 4.48. The van der Waals surface area contributed by atoms with Crippen molar-refractivity contribution in [3.05, 3.63) is 28.8 Å². The van der Waals surface area contributed by atoms with Crippen LogP contribution in [0.15, 0.2) is 18.2 Å².